The normalized spacial score (nSPS) is 14.9. The van der Waals surface area contributed by atoms with Crippen molar-refractivity contribution in [2.24, 2.45) is 0 Å². The molecule has 1 fully saturated rings. The Morgan fingerprint density at radius 1 is 1.19 bits per heavy atom. The molecule has 1 saturated heterocycles. The van der Waals surface area contributed by atoms with Gasteiger partial charge < -0.3 is 15.4 Å². The van der Waals surface area contributed by atoms with Crippen LogP contribution in [0.1, 0.15) is 24.5 Å². The number of aromatic nitrogens is 2. The summed E-state index contributed by atoms with van der Waals surface area (Å²) in [4.78, 5) is 11.5. The van der Waals surface area contributed by atoms with Crippen molar-refractivity contribution in [2.75, 3.05) is 25.5 Å². The SMILES string of the molecule is COc1cccc(Sc2ccc(Nc3nc(C4CCNCC4)cs3)nc2)c1. The van der Waals surface area contributed by atoms with Gasteiger partial charge in [-0.25, -0.2) is 9.97 Å². The third kappa shape index (κ3) is 4.80. The van der Waals surface area contributed by atoms with E-state index in [4.69, 9.17) is 9.72 Å². The lowest BCUT2D eigenvalue weighted by Gasteiger charge is -2.20. The summed E-state index contributed by atoms with van der Waals surface area (Å²) in [6.45, 7) is 2.16. The Balaban J connectivity index is 1.38. The fourth-order valence-electron chi connectivity index (χ4n) is 3.07. The van der Waals surface area contributed by atoms with Crippen molar-refractivity contribution in [3.63, 3.8) is 0 Å². The summed E-state index contributed by atoms with van der Waals surface area (Å²) in [5.74, 6) is 2.25. The highest BCUT2D eigenvalue weighted by Gasteiger charge is 2.18. The molecule has 1 aliphatic heterocycles. The van der Waals surface area contributed by atoms with Crippen LogP contribution >= 0.6 is 23.1 Å². The third-order valence-corrected chi connectivity index (χ3v) is 6.27. The van der Waals surface area contributed by atoms with Gasteiger partial charge in [-0.15, -0.1) is 11.3 Å². The predicted octanol–water partition coefficient (Wildman–Crippen LogP) is 4.91. The molecule has 0 spiro atoms. The van der Waals surface area contributed by atoms with E-state index in [1.165, 1.54) is 5.69 Å². The maximum atomic E-state index is 5.28. The van der Waals surface area contributed by atoms with Crippen molar-refractivity contribution in [1.82, 2.24) is 15.3 Å². The van der Waals surface area contributed by atoms with Crippen molar-refractivity contribution >= 4 is 34.0 Å². The Morgan fingerprint density at radius 3 is 2.85 bits per heavy atom. The van der Waals surface area contributed by atoms with Crippen LogP contribution in [0.15, 0.2) is 57.8 Å². The van der Waals surface area contributed by atoms with E-state index < -0.39 is 0 Å². The molecule has 3 heterocycles. The first-order chi connectivity index (χ1) is 13.3. The van der Waals surface area contributed by atoms with Crippen molar-refractivity contribution in [3.8, 4) is 5.75 Å². The second-order valence-electron chi connectivity index (χ2n) is 6.39. The fraction of sp³-hybridized carbons (Fsp3) is 0.300. The van der Waals surface area contributed by atoms with Gasteiger partial charge in [0.15, 0.2) is 5.13 Å². The van der Waals surface area contributed by atoms with Crippen LogP contribution in [0.3, 0.4) is 0 Å². The number of anilines is 2. The van der Waals surface area contributed by atoms with Gasteiger partial charge in [0.25, 0.3) is 0 Å². The van der Waals surface area contributed by atoms with Gasteiger partial charge in [-0.1, -0.05) is 17.8 Å². The molecule has 0 amide bonds. The molecule has 0 bridgehead atoms. The summed E-state index contributed by atoms with van der Waals surface area (Å²) in [6.07, 6.45) is 4.21. The molecule has 1 aromatic carbocycles. The van der Waals surface area contributed by atoms with E-state index in [2.05, 4.69) is 33.1 Å². The number of pyridine rings is 1. The standard InChI is InChI=1S/C20H22N4OS2/c1-25-15-3-2-4-16(11-15)27-17-5-6-19(22-12-17)24-20-23-18(13-26-20)14-7-9-21-10-8-14/h2-6,11-14,21H,7-10H2,1H3,(H,22,23,24). The molecular formula is C20H22N4OS2. The quantitative estimate of drug-likeness (QED) is 0.615. The van der Waals surface area contributed by atoms with Gasteiger partial charge in [0.2, 0.25) is 0 Å². The number of nitrogens with zero attached hydrogens (tertiary/aromatic N) is 2. The molecule has 0 saturated carbocycles. The van der Waals surface area contributed by atoms with Gasteiger partial charge in [-0.2, -0.15) is 0 Å². The molecule has 2 N–H and O–H groups in total. The van der Waals surface area contributed by atoms with Gasteiger partial charge in [-0.3, -0.25) is 0 Å². The van der Waals surface area contributed by atoms with Crippen molar-refractivity contribution in [1.29, 1.82) is 0 Å². The molecule has 27 heavy (non-hydrogen) atoms. The van der Waals surface area contributed by atoms with E-state index in [9.17, 15) is 0 Å². The number of hydrogen-bond acceptors (Lipinski definition) is 7. The molecule has 3 aromatic rings. The number of piperidine rings is 1. The summed E-state index contributed by atoms with van der Waals surface area (Å²) < 4.78 is 5.28. The average Bonchev–Trinajstić information content (AvgIpc) is 3.19. The Labute approximate surface area is 167 Å². The van der Waals surface area contributed by atoms with Crippen LogP contribution in [0, 0.1) is 0 Å². The zero-order valence-corrected chi connectivity index (χ0v) is 16.8. The Morgan fingerprint density at radius 2 is 2.07 bits per heavy atom. The van der Waals surface area contributed by atoms with Crippen molar-refractivity contribution in [3.05, 3.63) is 53.7 Å². The summed E-state index contributed by atoms with van der Waals surface area (Å²) in [7, 11) is 1.68. The van der Waals surface area contributed by atoms with Crippen LogP contribution in [-0.4, -0.2) is 30.2 Å². The maximum Gasteiger partial charge on any atom is 0.188 e. The third-order valence-electron chi connectivity index (χ3n) is 4.53. The molecule has 0 unspecified atom stereocenters. The van der Waals surface area contributed by atoms with E-state index in [1.807, 2.05) is 30.5 Å². The van der Waals surface area contributed by atoms with Gasteiger partial charge in [0.05, 0.1) is 12.8 Å². The van der Waals surface area contributed by atoms with Gasteiger partial charge in [0.1, 0.15) is 11.6 Å². The lowest BCUT2D eigenvalue weighted by atomic mass is 9.96. The molecule has 2 aromatic heterocycles. The predicted molar refractivity (Wildman–Crippen MR) is 112 cm³/mol. The minimum atomic E-state index is 0.577. The maximum absolute atomic E-state index is 5.28. The van der Waals surface area contributed by atoms with Gasteiger partial charge in [-0.05, 0) is 56.3 Å². The number of rotatable bonds is 6. The van der Waals surface area contributed by atoms with E-state index in [0.717, 1.165) is 52.4 Å². The number of benzene rings is 1. The summed E-state index contributed by atoms with van der Waals surface area (Å²) in [5, 5.41) is 9.80. The highest BCUT2D eigenvalue weighted by Crippen LogP contribution is 2.31. The van der Waals surface area contributed by atoms with Crippen molar-refractivity contribution in [2.45, 2.75) is 28.6 Å². The largest absolute Gasteiger partial charge is 0.497 e. The van der Waals surface area contributed by atoms with Gasteiger partial charge >= 0.3 is 0 Å². The van der Waals surface area contributed by atoms with Crippen LogP contribution in [0.25, 0.3) is 0 Å². The molecular weight excluding hydrogens is 376 g/mol. The van der Waals surface area contributed by atoms with Gasteiger partial charge in [0, 0.05) is 27.3 Å². The average molecular weight is 399 g/mol. The van der Waals surface area contributed by atoms with Crippen LogP contribution < -0.4 is 15.4 Å². The van der Waals surface area contributed by atoms with E-state index in [-0.39, 0.29) is 0 Å². The minimum absolute atomic E-state index is 0.577. The minimum Gasteiger partial charge on any atom is -0.497 e. The number of thiazole rings is 1. The smallest absolute Gasteiger partial charge is 0.188 e. The topological polar surface area (TPSA) is 59.1 Å². The zero-order valence-electron chi connectivity index (χ0n) is 15.1. The van der Waals surface area contributed by atoms with E-state index >= 15 is 0 Å². The fourth-order valence-corrected chi connectivity index (χ4v) is 4.71. The summed E-state index contributed by atoms with van der Waals surface area (Å²) in [5.41, 5.74) is 1.20. The van der Waals surface area contributed by atoms with Crippen molar-refractivity contribution < 1.29 is 4.74 Å². The second-order valence-corrected chi connectivity index (χ2v) is 8.39. The number of ether oxygens (including phenoxy) is 1. The lowest BCUT2D eigenvalue weighted by Crippen LogP contribution is -2.26. The molecule has 0 radical (unpaired) electrons. The van der Waals surface area contributed by atoms with Crippen LogP contribution in [-0.2, 0) is 0 Å². The Kier molecular flexibility index (Phi) is 5.91. The first kappa shape index (κ1) is 18.3. The first-order valence-electron chi connectivity index (χ1n) is 9.01. The van der Waals surface area contributed by atoms with E-state index in [1.54, 1.807) is 30.2 Å². The summed E-state index contributed by atoms with van der Waals surface area (Å²) >= 11 is 3.31. The Bertz CT molecular complexity index is 876. The zero-order chi connectivity index (χ0) is 18.5. The van der Waals surface area contributed by atoms with Crippen LogP contribution in [0.5, 0.6) is 5.75 Å². The highest BCUT2D eigenvalue weighted by molar-refractivity contribution is 7.99. The molecule has 140 valence electrons. The molecule has 5 nitrogen and oxygen atoms in total. The monoisotopic (exact) mass is 398 g/mol. The Hall–Kier alpha value is -2.09. The first-order valence-corrected chi connectivity index (χ1v) is 10.7. The lowest BCUT2D eigenvalue weighted by molar-refractivity contribution is 0.413. The number of methoxy groups -OCH3 is 1. The molecule has 4 rings (SSSR count). The molecule has 1 aliphatic rings. The number of hydrogen-bond donors (Lipinski definition) is 2. The highest BCUT2D eigenvalue weighted by atomic mass is 32.2. The van der Waals surface area contributed by atoms with Crippen LogP contribution in [0.2, 0.25) is 0 Å². The number of nitrogens with one attached hydrogen (secondary N) is 2. The molecule has 0 atom stereocenters. The molecule has 0 aliphatic carbocycles. The van der Waals surface area contributed by atoms with E-state index in [0.29, 0.717) is 5.92 Å². The second kappa shape index (κ2) is 8.73. The molecule has 7 heteroatoms. The van der Waals surface area contributed by atoms with Crippen LogP contribution in [0.4, 0.5) is 10.9 Å². The summed E-state index contributed by atoms with van der Waals surface area (Å²) in [6, 6.07) is 12.1.